The molecule has 2 N–H and O–H groups in total. The van der Waals surface area contributed by atoms with Crippen molar-refractivity contribution in [2.24, 2.45) is 0 Å². The number of nitrogens with one attached hydrogen (secondary N) is 1. The summed E-state index contributed by atoms with van der Waals surface area (Å²) < 4.78 is 0. The molecule has 0 aromatic rings. The molecule has 1 aliphatic rings. The van der Waals surface area contributed by atoms with Crippen LogP contribution in [0.3, 0.4) is 0 Å². The van der Waals surface area contributed by atoms with Gasteiger partial charge >= 0.3 is 12.0 Å². The zero-order chi connectivity index (χ0) is 9.14. The van der Waals surface area contributed by atoms with Crippen molar-refractivity contribution in [1.82, 2.24) is 10.2 Å². The summed E-state index contributed by atoms with van der Waals surface area (Å²) in [6, 6.07) is -0.344. The van der Waals surface area contributed by atoms with Crippen LogP contribution in [0.4, 0.5) is 4.79 Å². The molecule has 1 atom stereocenters. The molecule has 0 saturated carbocycles. The van der Waals surface area contributed by atoms with Gasteiger partial charge in [0.05, 0.1) is 12.5 Å². The molecule has 0 bridgehead atoms. The van der Waals surface area contributed by atoms with Gasteiger partial charge in [0.2, 0.25) is 0 Å². The van der Waals surface area contributed by atoms with Crippen LogP contribution in [0.1, 0.15) is 13.3 Å². The van der Waals surface area contributed by atoms with Crippen molar-refractivity contribution in [3.63, 3.8) is 0 Å². The Hall–Kier alpha value is -1.26. The lowest BCUT2D eigenvalue weighted by molar-refractivity contribution is -0.137. The fourth-order valence-electron chi connectivity index (χ4n) is 1.37. The number of hydrogen-bond acceptors (Lipinski definition) is 2. The molecule has 5 nitrogen and oxygen atoms in total. The monoisotopic (exact) mass is 172 g/mol. The van der Waals surface area contributed by atoms with Gasteiger partial charge in [0.15, 0.2) is 0 Å². The predicted molar refractivity (Wildman–Crippen MR) is 41.8 cm³/mol. The first-order chi connectivity index (χ1) is 5.65. The van der Waals surface area contributed by atoms with E-state index < -0.39 is 5.97 Å². The number of nitrogens with zero attached hydrogens (tertiary/aromatic N) is 1. The van der Waals surface area contributed by atoms with E-state index in [1.165, 1.54) is 4.90 Å². The topological polar surface area (TPSA) is 69.6 Å². The van der Waals surface area contributed by atoms with Crippen LogP contribution >= 0.6 is 0 Å². The summed E-state index contributed by atoms with van der Waals surface area (Å²) in [6.45, 7) is 2.84. The van der Waals surface area contributed by atoms with Crippen molar-refractivity contribution in [2.75, 3.05) is 13.1 Å². The largest absolute Gasteiger partial charge is 0.481 e. The third kappa shape index (κ3) is 1.66. The molecular formula is C7H12N2O3. The Balaban J connectivity index is 2.54. The van der Waals surface area contributed by atoms with Gasteiger partial charge in [0, 0.05) is 13.1 Å². The van der Waals surface area contributed by atoms with E-state index in [2.05, 4.69) is 5.32 Å². The molecule has 1 fully saturated rings. The van der Waals surface area contributed by atoms with E-state index in [4.69, 9.17) is 5.11 Å². The Kier molecular flexibility index (Phi) is 2.52. The van der Waals surface area contributed by atoms with Crippen LogP contribution in [0.15, 0.2) is 0 Å². The number of likely N-dealkylation sites (N-methyl/N-ethyl adjacent to an activating group) is 1. The van der Waals surface area contributed by atoms with Crippen LogP contribution in [0.25, 0.3) is 0 Å². The number of carboxylic acid groups (broad SMARTS) is 1. The zero-order valence-corrected chi connectivity index (χ0v) is 6.91. The fourth-order valence-corrected chi connectivity index (χ4v) is 1.37. The number of amides is 2. The molecule has 1 saturated heterocycles. The van der Waals surface area contributed by atoms with Crippen molar-refractivity contribution < 1.29 is 14.7 Å². The standard InChI is InChI=1S/C7H12N2O3/c1-2-9-5(3-6(10)11)4-8-7(9)12/h5H,2-4H2,1H3,(H,8,12)(H,10,11). The van der Waals surface area contributed by atoms with Crippen molar-refractivity contribution in [3.8, 4) is 0 Å². The number of carbonyl (C=O) groups excluding carboxylic acids is 1. The summed E-state index contributed by atoms with van der Waals surface area (Å²) in [5, 5.41) is 11.1. The number of aliphatic carboxylic acids is 1. The van der Waals surface area contributed by atoms with E-state index in [0.717, 1.165) is 0 Å². The molecule has 0 radical (unpaired) electrons. The normalized spacial score (nSPS) is 22.6. The Morgan fingerprint density at radius 3 is 3.00 bits per heavy atom. The van der Waals surface area contributed by atoms with Crippen molar-refractivity contribution in [3.05, 3.63) is 0 Å². The highest BCUT2D eigenvalue weighted by Gasteiger charge is 2.30. The van der Waals surface area contributed by atoms with Crippen LogP contribution in [-0.4, -0.2) is 41.1 Å². The summed E-state index contributed by atoms with van der Waals surface area (Å²) in [4.78, 5) is 22.9. The zero-order valence-electron chi connectivity index (χ0n) is 6.91. The summed E-state index contributed by atoms with van der Waals surface area (Å²) in [5.74, 6) is -0.866. The van der Waals surface area contributed by atoms with Gasteiger partial charge in [-0.25, -0.2) is 4.79 Å². The van der Waals surface area contributed by atoms with E-state index in [9.17, 15) is 9.59 Å². The van der Waals surface area contributed by atoms with Gasteiger partial charge in [0.1, 0.15) is 0 Å². The molecule has 0 aromatic heterocycles. The van der Waals surface area contributed by atoms with Crippen LogP contribution in [0.2, 0.25) is 0 Å². The van der Waals surface area contributed by atoms with Crippen LogP contribution in [-0.2, 0) is 4.79 Å². The third-order valence-corrected chi connectivity index (χ3v) is 1.94. The molecule has 12 heavy (non-hydrogen) atoms. The number of carbonyl (C=O) groups is 2. The van der Waals surface area contributed by atoms with Gasteiger partial charge in [-0.1, -0.05) is 0 Å². The lowest BCUT2D eigenvalue weighted by Gasteiger charge is -2.18. The quantitative estimate of drug-likeness (QED) is 0.623. The van der Waals surface area contributed by atoms with E-state index >= 15 is 0 Å². The molecule has 0 aromatic carbocycles. The minimum atomic E-state index is -0.866. The molecule has 68 valence electrons. The Morgan fingerprint density at radius 1 is 1.83 bits per heavy atom. The van der Waals surface area contributed by atoms with E-state index in [1.807, 2.05) is 6.92 Å². The van der Waals surface area contributed by atoms with Crippen LogP contribution < -0.4 is 5.32 Å². The summed E-state index contributed by atoms with van der Waals surface area (Å²) in [6.07, 6.45) is 0.0204. The van der Waals surface area contributed by atoms with E-state index in [-0.39, 0.29) is 18.5 Å². The fraction of sp³-hybridized carbons (Fsp3) is 0.714. The predicted octanol–water partition coefficient (Wildman–Crippen LogP) is -0.125. The number of urea groups is 1. The van der Waals surface area contributed by atoms with Crippen LogP contribution in [0, 0.1) is 0 Å². The maximum Gasteiger partial charge on any atom is 0.317 e. The molecule has 1 rings (SSSR count). The van der Waals surface area contributed by atoms with Crippen molar-refractivity contribution >= 4 is 12.0 Å². The van der Waals surface area contributed by atoms with Gasteiger partial charge in [-0.05, 0) is 6.92 Å². The third-order valence-electron chi connectivity index (χ3n) is 1.94. The second-order valence-electron chi connectivity index (χ2n) is 2.72. The first-order valence-electron chi connectivity index (χ1n) is 3.91. The van der Waals surface area contributed by atoms with Crippen molar-refractivity contribution in [2.45, 2.75) is 19.4 Å². The summed E-state index contributed by atoms with van der Waals surface area (Å²) in [5.41, 5.74) is 0. The van der Waals surface area contributed by atoms with Gasteiger partial charge in [-0.3, -0.25) is 4.79 Å². The first-order valence-corrected chi connectivity index (χ1v) is 3.91. The summed E-state index contributed by atoms with van der Waals surface area (Å²) >= 11 is 0. The number of carboxylic acids is 1. The lowest BCUT2D eigenvalue weighted by atomic mass is 10.2. The Labute approximate surface area is 70.4 Å². The molecule has 0 spiro atoms. The lowest BCUT2D eigenvalue weighted by Crippen LogP contribution is -2.35. The average molecular weight is 172 g/mol. The van der Waals surface area contributed by atoms with Crippen LogP contribution in [0.5, 0.6) is 0 Å². The number of hydrogen-bond donors (Lipinski definition) is 2. The first kappa shape index (κ1) is 8.83. The minimum Gasteiger partial charge on any atom is -0.481 e. The maximum absolute atomic E-state index is 11.0. The highest BCUT2D eigenvalue weighted by atomic mass is 16.4. The van der Waals surface area contributed by atoms with Gasteiger partial charge < -0.3 is 15.3 Å². The second-order valence-corrected chi connectivity index (χ2v) is 2.72. The van der Waals surface area contributed by atoms with Gasteiger partial charge in [0.25, 0.3) is 0 Å². The highest BCUT2D eigenvalue weighted by Crippen LogP contribution is 2.09. The van der Waals surface area contributed by atoms with Gasteiger partial charge in [-0.2, -0.15) is 0 Å². The van der Waals surface area contributed by atoms with E-state index in [1.54, 1.807) is 0 Å². The Bertz CT molecular complexity index is 205. The molecule has 1 unspecified atom stereocenters. The average Bonchev–Trinajstić information content (AvgIpc) is 2.30. The summed E-state index contributed by atoms with van der Waals surface area (Å²) in [7, 11) is 0. The molecule has 5 heteroatoms. The maximum atomic E-state index is 11.0. The van der Waals surface area contributed by atoms with Gasteiger partial charge in [-0.15, -0.1) is 0 Å². The smallest absolute Gasteiger partial charge is 0.317 e. The van der Waals surface area contributed by atoms with Crippen molar-refractivity contribution in [1.29, 1.82) is 0 Å². The number of rotatable bonds is 3. The molecule has 1 aliphatic heterocycles. The minimum absolute atomic E-state index is 0.0204. The highest BCUT2D eigenvalue weighted by molar-refractivity contribution is 5.78. The Morgan fingerprint density at radius 2 is 2.50 bits per heavy atom. The SMILES string of the molecule is CCN1C(=O)NCC1CC(=O)O. The molecule has 1 heterocycles. The molecular weight excluding hydrogens is 160 g/mol. The molecule has 0 aliphatic carbocycles. The second kappa shape index (κ2) is 3.42. The molecule has 2 amide bonds. The van der Waals surface area contributed by atoms with E-state index in [0.29, 0.717) is 13.1 Å².